The molecule has 1 heterocycles. The molecule has 1 aliphatic heterocycles. The third-order valence-electron chi connectivity index (χ3n) is 7.91. The Morgan fingerprint density at radius 3 is 1.95 bits per heavy atom. The number of rotatable bonds is 7. The van der Waals surface area contributed by atoms with Crippen LogP contribution in [-0.4, -0.2) is 42.4 Å². The molecule has 0 amide bonds. The number of aliphatic hydroxyl groups excluding tert-OH is 1. The van der Waals surface area contributed by atoms with Crippen molar-refractivity contribution in [3.05, 3.63) is 70.8 Å². The minimum Gasteiger partial charge on any atom is -0.393 e. The summed E-state index contributed by atoms with van der Waals surface area (Å²) in [7, 11) is 0. The van der Waals surface area contributed by atoms with Gasteiger partial charge in [-0.25, -0.2) is 0 Å². The van der Waals surface area contributed by atoms with Crippen molar-refractivity contribution in [1.82, 2.24) is 4.90 Å². The van der Waals surface area contributed by atoms with E-state index in [1.165, 1.54) is 19.3 Å². The lowest BCUT2D eigenvalue weighted by atomic mass is 9.68. The summed E-state index contributed by atoms with van der Waals surface area (Å²) in [5, 5.41) is 9.97. The van der Waals surface area contributed by atoms with E-state index in [1.54, 1.807) is 0 Å². The second-order valence-corrected chi connectivity index (χ2v) is 10.3. The molecule has 1 saturated heterocycles. The lowest BCUT2D eigenvalue weighted by molar-refractivity contribution is -0.143. The number of halogens is 6. The summed E-state index contributed by atoms with van der Waals surface area (Å²) in [6.45, 7) is 1.53. The zero-order valence-electron chi connectivity index (χ0n) is 20.6. The molecule has 0 bridgehead atoms. The maximum Gasteiger partial charge on any atom is 0.416 e. The third-order valence-corrected chi connectivity index (χ3v) is 7.91. The van der Waals surface area contributed by atoms with E-state index < -0.39 is 41.6 Å². The molecule has 204 valence electrons. The number of benzene rings is 2. The van der Waals surface area contributed by atoms with Crippen molar-refractivity contribution < 1.29 is 36.2 Å². The normalized spacial score (nSPS) is 24.7. The van der Waals surface area contributed by atoms with E-state index in [1.807, 2.05) is 30.3 Å². The highest BCUT2D eigenvalue weighted by Crippen LogP contribution is 2.43. The smallest absolute Gasteiger partial charge is 0.393 e. The van der Waals surface area contributed by atoms with Crippen LogP contribution in [0.15, 0.2) is 48.5 Å². The standard InChI is InChI=1S/C28H33F6NO2/c29-27(30,31)22-15-20(16-23(17-22)28(32,33)34)25(18-36)37-19-26(21-7-3-1-4-8-21)11-9-24(10-12-26)35-13-5-2-6-14-35/h1,3-4,7-8,15-17,24-25,36H,2,5-6,9-14,18-19H2. The average Bonchev–Trinajstić information content (AvgIpc) is 2.89. The van der Waals surface area contributed by atoms with Crippen LogP contribution in [0.3, 0.4) is 0 Å². The van der Waals surface area contributed by atoms with Crippen molar-refractivity contribution in [2.24, 2.45) is 0 Å². The Bertz CT molecular complexity index is 977. The minimum atomic E-state index is -4.96. The Morgan fingerprint density at radius 2 is 1.43 bits per heavy atom. The van der Waals surface area contributed by atoms with Gasteiger partial charge < -0.3 is 14.7 Å². The maximum absolute atomic E-state index is 13.4. The molecular formula is C28H33F6NO2. The summed E-state index contributed by atoms with van der Waals surface area (Å²) in [4.78, 5) is 2.54. The molecule has 4 rings (SSSR count). The predicted octanol–water partition coefficient (Wildman–Crippen LogP) is 7.14. The van der Waals surface area contributed by atoms with Crippen LogP contribution in [0.1, 0.15) is 73.3 Å². The Hall–Kier alpha value is -2.10. The van der Waals surface area contributed by atoms with Gasteiger partial charge in [0, 0.05) is 11.5 Å². The lowest BCUT2D eigenvalue weighted by Crippen LogP contribution is -2.46. The van der Waals surface area contributed by atoms with Crippen LogP contribution in [0.5, 0.6) is 0 Å². The quantitative estimate of drug-likeness (QED) is 0.387. The van der Waals surface area contributed by atoms with Gasteiger partial charge in [0.05, 0.1) is 24.3 Å². The van der Waals surface area contributed by atoms with Crippen molar-refractivity contribution in [3.8, 4) is 0 Å². The molecule has 3 nitrogen and oxygen atoms in total. The van der Waals surface area contributed by atoms with Gasteiger partial charge in [-0.05, 0) is 80.9 Å². The first-order valence-corrected chi connectivity index (χ1v) is 12.8. The fourth-order valence-corrected chi connectivity index (χ4v) is 5.79. The molecule has 2 fully saturated rings. The van der Waals surface area contributed by atoms with Gasteiger partial charge in [-0.3, -0.25) is 0 Å². The zero-order chi connectivity index (χ0) is 26.7. The molecular weight excluding hydrogens is 496 g/mol. The van der Waals surface area contributed by atoms with Crippen LogP contribution in [0.4, 0.5) is 26.3 Å². The molecule has 2 aromatic rings. The summed E-state index contributed by atoms with van der Waals surface area (Å²) in [5.74, 6) is 0. The van der Waals surface area contributed by atoms with E-state index >= 15 is 0 Å². The predicted molar refractivity (Wildman–Crippen MR) is 128 cm³/mol. The van der Waals surface area contributed by atoms with Crippen LogP contribution in [0.25, 0.3) is 0 Å². The second-order valence-electron chi connectivity index (χ2n) is 10.3. The van der Waals surface area contributed by atoms with Crippen molar-refractivity contribution >= 4 is 0 Å². The molecule has 1 aliphatic carbocycles. The van der Waals surface area contributed by atoms with Gasteiger partial charge in [-0.15, -0.1) is 0 Å². The SMILES string of the molecule is OCC(OCC1(c2ccccc2)CCC(N2CCCCC2)CC1)c1cc(C(F)(F)F)cc(C(F)(F)F)c1. The monoisotopic (exact) mass is 529 g/mol. The summed E-state index contributed by atoms with van der Waals surface area (Å²) in [5.41, 5.74) is -2.58. The highest BCUT2D eigenvalue weighted by atomic mass is 19.4. The van der Waals surface area contributed by atoms with Gasteiger partial charge in [0.2, 0.25) is 0 Å². The first kappa shape index (κ1) is 27.9. The number of ether oxygens (including phenoxy) is 1. The summed E-state index contributed by atoms with van der Waals surface area (Å²) < 4.78 is 86.3. The molecule has 1 saturated carbocycles. The molecule has 9 heteroatoms. The zero-order valence-corrected chi connectivity index (χ0v) is 20.6. The van der Waals surface area contributed by atoms with Crippen molar-refractivity contribution in [1.29, 1.82) is 0 Å². The molecule has 0 spiro atoms. The van der Waals surface area contributed by atoms with Gasteiger partial charge in [-0.2, -0.15) is 26.3 Å². The molecule has 2 aliphatic rings. The van der Waals surface area contributed by atoms with Gasteiger partial charge in [0.1, 0.15) is 6.10 Å². The molecule has 0 radical (unpaired) electrons. The van der Waals surface area contributed by atoms with Crippen LogP contribution in [0, 0.1) is 0 Å². The van der Waals surface area contributed by atoms with E-state index in [0.717, 1.165) is 44.3 Å². The van der Waals surface area contributed by atoms with Gasteiger partial charge in [0.15, 0.2) is 0 Å². The number of alkyl halides is 6. The molecule has 1 atom stereocenters. The summed E-state index contributed by atoms with van der Waals surface area (Å²) in [6.07, 6.45) is -4.17. The second kappa shape index (κ2) is 11.3. The number of likely N-dealkylation sites (tertiary alicyclic amines) is 1. The van der Waals surface area contributed by atoms with E-state index in [-0.39, 0.29) is 18.2 Å². The van der Waals surface area contributed by atoms with E-state index in [9.17, 15) is 31.4 Å². The number of piperidine rings is 1. The van der Waals surface area contributed by atoms with Crippen LogP contribution in [-0.2, 0) is 22.5 Å². The molecule has 1 unspecified atom stereocenters. The van der Waals surface area contributed by atoms with Crippen LogP contribution >= 0.6 is 0 Å². The largest absolute Gasteiger partial charge is 0.416 e. The summed E-state index contributed by atoms with van der Waals surface area (Å²) >= 11 is 0. The van der Waals surface area contributed by atoms with E-state index in [2.05, 4.69) is 4.90 Å². The minimum absolute atomic E-state index is 0.0886. The van der Waals surface area contributed by atoms with Gasteiger partial charge >= 0.3 is 12.4 Å². The fraction of sp³-hybridized carbons (Fsp3) is 0.571. The highest BCUT2D eigenvalue weighted by molar-refractivity contribution is 5.35. The van der Waals surface area contributed by atoms with Gasteiger partial charge in [0.25, 0.3) is 0 Å². The lowest BCUT2D eigenvalue weighted by Gasteiger charge is -2.45. The van der Waals surface area contributed by atoms with Crippen molar-refractivity contribution in [3.63, 3.8) is 0 Å². The number of hydrogen-bond donors (Lipinski definition) is 1. The molecule has 1 N–H and O–H groups in total. The first-order chi connectivity index (χ1) is 17.5. The Balaban J connectivity index is 1.57. The number of hydrogen-bond acceptors (Lipinski definition) is 3. The van der Waals surface area contributed by atoms with E-state index in [0.29, 0.717) is 18.2 Å². The summed E-state index contributed by atoms with van der Waals surface area (Å²) in [6, 6.07) is 11.5. The fourth-order valence-electron chi connectivity index (χ4n) is 5.79. The topological polar surface area (TPSA) is 32.7 Å². The average molecular weight is 530 g/mol. The molecule has 2 aromatic carbocycles. The van der Waals surface area contributed by atoms with Crippen LogP contribution in [0.2, 0.25) is 0 Å². The highest BCUT2D eigenvalue weighted by Gasteiger charge is 2.41. The van der Waals surface area contributed by atoms with Crippen molar-refractivity contribution in [2.45, 2.75) is 74.9 Å². The Labute approximate surface area is 213 Å². The molecule has 0 aromatic heterocycles. The Morgan fingerprint density at radius 1 is 0.865 bits per heavy atom. The Kier molecular flexibility index (Phi) is 8.55. The van der Waals surface area contributed by atoms with Crippen LogP contribution < -0.4 is 0 Å². The third kappa shape index (κ3) is 6.67. The number of nitrogens with zero attached hydrogens (tertiary/aromatic N) is 1. The van der Waals surface area contributed by atoms with Crippen molar-refractivity contribution in [2.75, 3.05) is 26.3 Å². The van der Waals surface area contributed by atoms with Gasteiger partial charge in [-0.1, -0.05) is 36.8 Å². The number of aliphatic hydroxyl groups is 1. The molecule has 37 heavy (non-hydrogen) atoms. The first-order valence-electron chi connectivity index (χ1n) is 12.8. The van der Waals surface area contributed by atoms with E-state index in [4.69, 9.17) is 4.74 Å². The maximum atomic E-state index is 13.4.